The number of hydrogen-bond donors (Lipinski definition) is 4. The second-order valence-corrected chi connectivity index (χ2v) is 8.56. The molecule has 2 amide bonds. The third kappa shape index (κ3) is 6.68. The number of carbonyl (C=O) groups is 3. The van der Waals surface area contributed by atoms with Gasteiger partial charge in [0.15, 0.2) is 0 Å². The van der Waals surface area contributed by atoms with Crippen LogP contribution in [0.4, 0.5) is 0 Å². The lowest BCUT2D eigenvalue weighted by atomic mass is 9.94. The van der Waals surface area contributed by atoms with Crippen LogP contribution in [0.3, 0.4) is 0 Å². The van der Waals surface area contributed by atoms with E-state index in [0.717, 1.165) is 11.4 Å². The molecule has 1 fully saturated rings. The van der Waals surface area contributed by atoms with Gasteiger partial charge in [0.1, 0.15) is 6.04 Å². The SMILES string of the molecule is CC(C)C(NC(=O)CC(CNC(=O)C1CSCN1)c1ccc(Cl)cc1)C(=O)O. The molecule has 0 bridgehead atoms. The maximum absolute atomic E-state index is 12.5. The first kappa shape index (κ1) is 22.5. The Labute approximate surface area is 174 Å². The first-order chi connectivity index (χ1) is 13.3. The predicted molar refractivity (Wildman–Crippen MR) is 110 cm³/mol. The number of halogens is 1. The molecule has 0 saturated carbocycles. The van der Waals surface area contributed by atoms with Crippen LogP contribution in [0.2, 0.25) is 5.02 Å². The summed E-state index contributed by atoms with van der Waals surface area (Å²) in [5.74, 6) is -0.610. The minimum Gasteiger partial charge on any atom is -0.480 e. The fourth-order valence-electron chi connectivity index (χ4n) is 2.92. The van der Waals surface area contributed by atoms with Crippen molar-refractivity contribution in [1.29, 1.82) is 0 Å². The Morgan fingerprint density at radius 3 is 2.50 bits per heavy atom. The zero-order chi connectivity index (χ0) is 20.7. The van der Waals surface area contributed by atoms with Crippen LogP contribution in [-0.2, 0) is 14.4 Å². The van der Waals surface area contributed by atoms with E-state index in [1.165, 1.54) is 0 Å². The average Bonchev–Trinajstić information content (AvgIpc) is 3.18. The van der Waals surface area contributed by atoms with E-state index >= 15 is 0 Å². The minimum atomic E-state index is -1.07. The normalized spacial score (nSPS) is 18.5. The molecule has 28 heavy (non-hydrogen) atoms. The van der Waals surface area contributed by atoms with Gasteiger partial charge >= 0.3 is 5.97 Å². The smallest absolute Gasteiger partial charge is 0.326 e. The van der Waals surface area contributed by atoms with E-state index in [4.69, 9.17) is 11.6 Å². The highest BCUT2D eigenvalue weighted by Gasteiger charge is 2.27. The maximum atomic E-state index is 12.5. The fourth-order valence-corrected chi connectivity index (χ4v) is 3.99. The second-order valence-electron chi connectivity index (χ2n) is 7.10. The molecule has 1 aromatic rings. The first-order valence-electron chi connectivity index (χ1n) is 9.14. The van der Waals surface area contributed by atoms with Gasteiger partial charge in [0.2, 0.25) is 11.8 Å². The molecule has 3 atom stereocenters. The molecule has 9 heteroatoms. The van der Waals surface area contributed by atoms with E-state index in [1.54, 1.807) is 37.7 Å². The second kappa shape index (κ2) is 10.7. The Balaban J connectivity index is 2.04. The number of amides is 2. The summed E-state index contributed by atoms with van der Waals surface area (Å²) in [6, 6.07) is 5.90. The Kier molecular flexibility index (Phi) is 8.59. The number of rotatable bonds is 9. The summed E-state index contributed by atoms with van der Waals surface area (Å²) >= 11 is 7.61. The van der Waals surface area contributed by atoms with Crippen molar-refractivity contribution >= 4 is 41.1 Å². The largest absolute Gasteiger partial charge is 0.480 e. The summed E-state index contributed by atoms with van der Waals surface area (Å²) in [4.78, 5) is 36.1. The molecule has 7 nitrogen and oxygen atoms in total. The molecule has 4 N–H and O–H groups in total. The molecule has 1 heterocycles. The zero-order valence-corrected chi connectivity index (χ0v) is 17.5. The van der Waals surface area contributed by atoms with Crippen LogP contribution in [0.5, 0.6) is 0 Å². The molecular formula is C19H26ClN3O4S. The number of thioether (sulfide) groups is 1. The van der Waals surface area contributed by atoms with Crippen molar-refractivity contribution < 1.29 is 19.5 Å². The van der Waals surface area contributed by atoms with Crippen molar-refractivity contribution in [2.24, 2.45) is 5.92 Å². The van der Waals surface area contributed by atoms with Gasteiger partial charge in [-0.3, -0.25) is 14.9 Å². The van der Waals surface area contributed by atoms with Crippen LogP contribution in [-0.4, -0.2) is 53.1 Å². The Hall–Kier alpha value is -1.77. The molecule has 1 aliphatic heterocycles. The quantitative estimate of drug-likeness (QED) is 0.479. The molecule has 0 aliphatic carbocycles. The van der Waals surface area contributed by atoms with Crippen LogP contribution in [0.1, 0.15) is 31.7 Å². The molecule has 154 valence electrons. The third-order valence-corrected chi connectivity index (χ3v) is 5.77. The third-order valence-electron chi connectivity index (χ3n) is 4.58. The number of carboxylic acids is 1. The number of aliphatic carboxylic acids is 1. The molecule has 0 aromatic heterocycles. The standard InChI is InChI=1S/C19H26ClN3O4S/c1-11(2)17(19(26)27)23-16(24)7-13(12-3-5-14(20)6-4-12)8-21-18(25)15-9-28-10-22-15/h3-6,11,13,15,17,22H,7-10H2,1-2H3,(H,21,25)(H,23,24)(H,26,27). The number of hydrogen-bond acceptors (Lipinski definition) is 5. The number of carboxylic acid groups (broad SMARTS) is 1. The van der Waals surface area contributed by atoms with Crippen molar-refractivity contribution in [3.05, 3.63) is 34.9 Å². The number of nitrogens with one attached hydrogen (secondary N) is 3. The molecule has 1 aliphatic rings. The van der Waals surface area contributed by atoms with Gasteiger partial charge in [-0.1, -0.05) is 37.6 Å². The summed E-state index contributed by atoms with van der Waals surface area (Å²) in [5.41, 5.74) is 0.852. The highest BCUT2D eigenvalue weighted by atomic mass is 35.5. The molecule has 1 aromatic carbocycles. The topological polar surface area (TPSA) is 108 Å². The highest BCUT2D eigenvalue weighted by molar-refractivity contribution is 7.99. The van der Waals surface area contributed by atoms with E-state index in [0.29, 0.717) is 10.8 Å². The zero-order valence-electron chi connectivity index (χ0n) is 15.9. The Morgan fingerprint density at radius 1 is 1.29 bits per heavy atom. The van der Waals surface area contributed by atoms with Crippen LogP contribution in [0.15, 0.2) is 24.3 Å². The van der Waals surface area contributed by atoms with Gasteiger partial charge in [-0.15, -0.1) is 11.8 Å². The molecule has 3 unspecified atom stereocenters. The number of benzene rings is 1. The predicted octanol–water partition coefficient (Wildman–Crippen LogP) is 1.82. The summed E-state index contributed by atoms with van der Waals surface area (Å²) in [5, 5.41) is 18.4. The van der Waals surface area contributed by atoms with Gasteiger partial charge in [-0.05, 0) is 23.6 Å². The monoisotopic (exact) mass is 427 g/mol. The fraction of sp³-hybridized carbons (Fsp3) is 0.526. The van der Waals surface area contributed by atoms with E-state index in [9.17, 15) is 19.5 Å². The Bertz CT molecular complexity index is 693. The van der Waals surface area contributed by atoms with E-state index in [1.807, 2.05) is 12.1 Å². The van der Waals surface area contributed by atoms with Gasteiger partial charge < -0.3 is 15.7 Å². The first-order valence-corrected chi connectivity index (χ1v) is 10.7. The lowest BCUT2D eigenvalue weighted by molar-refractivity contribution is -0.143. The van der Waals surface area contributed by atoms with Gasteiger partial charge in [0.25, 0.3) is 0 Å². The van der Waals surface area contributed by atoms with E-state index in [-0.39, 0.29) is 42.7 Å². The van der Waals surface area contributed by atoms with Crippen LogP contribution >= 0.6 is 23.4 Å². The van der Waals surface area contributed by atoms with Crippen molar-refractivity contribution in [1.82, 2.24) is 16.0 Å². The maximum Gasteiger partial charge on any atom is 0.326 e. The average molecular weight is 428 g/mol. The summed E-state index contributed by atoms with van der Waals surface area (Å²) in [6.45, 7) is 3.75. The molecular weight excluding hydrogens is 402 g/mol. The van der Waals surface area contributed by atoms with Crippen LogP contribution < -0.4 is 16.0 Å². The lowest BCUT2D eigenvalue weighted by Gasteiger charge is -2.22. The van der Waals surface area contributed by atoms with Gasteiger partial charge in [-0.2, -0.15) is 0 Å². The van der Waals surface area contributed by atoms with E-state index in [2.05, 4.69) is 16.0 Å². The summed E-state index contributed by atoms with van der Waals surface area (Å²) < 4.78 is 0. The van der Waals surface area contributed by atoms with Gasteiger partial charge in [0.05, 0.1) is 6.04 Å². The molecule has 0 spiro atoms. The van der Waals surface area contributed by atoms with Crippen molar-refractivity contribution in [3.63, 3.8) is 0 Å². The lowest BCUT2D eigenvalue weighted by Crippen LogP contribution is -2.46. The molecule has 2 rings (SSSR count). The number of carbonyl (C=O) groups excluding carboxylic acids is 2. The highest BCUT2D eigenvalue weighted by Crippen LogP contribution is 2.22. The summed E-state index contributed by atoms with van der Waals surface area (Å²) in [6.07, 6.45) is 0.0608. The molecule has 1 saturated heterocycles. The van der Waals surface area contributed by atoms with Crippen molar-refractivity contribution in [3.8, 4) is 0 Å². The van der Waals surface area contributed by atoms with Gasteiger partial charge in [-0.25, -0.2) is 4.79 Å². The van der Waals surface area contributed by atoms with Crippen molar-refractivity contribution in [2.75, 3.05) is 18.2 Å². The van der Waals surface area contributed by atoms with Crippen molar-refractivity contribution in [2.45, 2.75) is 38.3 Å². The molecule has 0 radical (unpaired) electrons. The summed E-state index contributed by atoms with van der Waals surface area (Å²) in [7, 11) is 0. The van der Waals surface area contributed by atoms with Crippen LogP contribution in [0.25, 0.3) is 0 Å². The van der Waals surface area contributed by atoms with Crippen LogP contribution in [0, 0.1) is 5.92 Å². The minimum absolute atomic E-state index is 0.0608. The van der Waals surface area contributed by atoms with Gasteiger partial charge in [0, 0.05) is 35.5 Å². The van der Waals surface area contributed by atoms with E-state index < -0.39 is 12.0 Å². The Morgan fingerprint density at radius 2 is 1.96 bits per heavy atom.